The van der Waals surface area contributed by atoms with E-state index >= 15 is 0 Å². The number of fused-ring (bicyclic) bond motifs is 5. The third kappa shape index (κ3) is 3.23. The highest BCUT2D eigenvalue weighted by Gasteiger charge is 2.63. The number of alkyl halides is 3. The van der Waals surface area contributed by atoms with Gasteiger partial charge >= 0.3 is 18.3 Å². The number of hydrogen-bond acceptors (Lipinski definition) is 5. The first-order valence-corrected chi connectivity index (χ1v) is 10.1. The predicted molar refractivity (Wildman–Crippen MR) is 106 cm³/mol. The Bertz CT molecular complexity index is 1260. The van der Waals surface area contributed by atoms with Crippen molar-refractivity contribution in [2.45, 2.75) is 30.7 Å². The minimum absolute atomic E-state index is 0.0786. The minimum Gasteiger partial charge on any atom is -0.410 e. The SMILES string of the molecule is N#Cc1ccc(N2C(=O)[C@H]3[C@H]4C[C@H](CN4C(=O)Oc4ccc(F)cc4)N3C2=O)cc1C(F)(F)F. The van der Waals surface area contributed by atoms with Crippen LogP contribution in [0.15, 0.2) is 42.5 Å². The molecule has 34 heavy (non-hydrogen) atoms. The van der Waals surface area contributed by atoms with Gasteiger partial charge in [0.1, 0.15) is 17.6 Å². The Kier molecular flexibility index (Phi) is 4.75. The number of carbonyl (C=O) groups excluding carboxylic acids is 3. The van der Waals surface area contributed by atoms with Crippen LogP contribution in [0.2, 0.25) is 0 Å². The van der Waals surface area contributed by atoms with Gasteiger partial charge in [0, 0.05) is 6.54 Å². The highest BCUT2D eigenvalue weighted by Crippen LogP contribution is 2.43. The molecule has 0 aromatic heterocycles. The fourth-order valence-electron chi connectivity index (χ4n) is 4.77. The highest BCUT2D eigenvalue weighted by atomic mass is 19.4. The number of ether oxygens (including phenoxy) is 1. The van der Waals surface area contributed by atoms with Gasteiger partial charge in [0.2, 0.25) is 0 Å². The summed E-state index contributed by atoms with van der Waals surface area (Å²) in [7, 11) is 0. The van der Waals surface area contributed by atoms with Crippen LogP contribution >= 0.6 is 0 Å². The number of urea groups is 1. The molecule has 0 unspecified atom stereocenters. The molecule has 2 bridgehead atoms. The lowest BCUT2D eigenvalue weighted by Crippen LogP contribution is -2.55. The Morgan fingerprint density at radius 1 is 1.12 bits per heavy atom. The number of imide groups is 1. The Balaban J connectivity index is 1.40. The number of nitriles is 1. The molecule has 0 N–H and O–H groups in total. The number of rotatable bonds is 2. The minimum atomic E-state index is -4.86. The Hall–Kier alpha value is -4.14. The van der Waals surface area contributed by atoms with Crippen LogP contribution in [0.1, 0.15) is 17.5 Å². The topological polar surface area (TPSA) is 93.9 Å². The quantitative estimate of drug-likeness (QED) is 0.491. The summed E-state index contributed by atoms with van der Waals surface area (Å²) in [5, 5.41) is 8.98. The molecule has 5 rings (SSSR count). The molecule has 3 heterocycles. The molecule has 4 amide bonds. The number of carbonyl (C=O) groups is 3. The average molecular weight is 474 g/mol. The number of piperazine rings is 1. The van der Waals surface area contributed by atoms with Crippen molar-refractivity contribution >= 4 is 23.7 Å². The zero-order valence-electron chi connectivity index (χ0n) is 17.1. The van der Waals surface area contributed by atoms with E-state index in [2.05, 4.69) is 0 Å². The Labute approximate surface area is 189 Å². The summed E-state index contributed by atoms with van der Waals surface area (Å²) in [6.45, 7) is 0.0786. The monoisotopic (exact) mass is 474 g/mol. The molecule has 0 saturated carbocycles. The van der Waals surface area contributed by atoms with E-state index in [0.29, 0.717) is 17.4 Å². The van der Waals surface area contributed by atoms with E-state index in [1.165, 1.54) is 28.0 Å². The van der Waals surface area contributed by atoms with E-state index in [9.17, 15) is 31.9 Å². The summed E-state index contributed by atoms with van der Waals surface area (Å²) < 4.78 is 58.4. The summed E-state index contributed by atoms with van der Waals surface area (Å²) in [4.78, 5) is 42.1. The molecule has 3 aliphatic heterocycles. The number of halogens is 4. The second kappa shape index (κ2) is 7.44. The van der Waals surface area contributed by atoms with Crippen molar-refractivity contribution < 1.29 is 36.7 Å². The maximum absolute atomic E-state index is 13.4. The maximum Gasteiger partial charge on any atom is 0.417 e. The lowest BCUT2D eigenvalue weighted by molar-refractivity contribution is -0.137. The fourth-order valence-corrected chi connectivity index (χ4v) is 4.77. The molecule has 3 atom stereocenters. The van der Waals surface area contributed by atoms with Crippen LogP contribution in [0, 0.1) is 17.1 Å². The summed E-state index contributed by atoms with van der Waals surface area (Å²) >= 11 is 0. The normalized spacial score (nSPS) is 23.4. The standard InChI is InChI=1S/C22H14F4N4O4/c23-12-2-5-15(6-3-12)34-21(33)28-10-14-8-17(28)18-19(31)30(20(32)29(14)18)13-4-1-11(9-27)16(7-13)22(24,25)26/h1-7,14,17-18H,8,10H2/t14-,17-,18-/m1/s1. The van der Waals surface area contributed by atoms with Crippen molar-refractivity contribution in [3.05, 3.63) is 59.4 Å². The van der Waals surface area contributed by atoms with Gasteiger partial charge in [0.15, 0.2) is 0 Å². The first kappa shape index (κ1) is 21.7. The molecule has 174 valence electrons. The molecular weight excluding hydrogens is 460 g/mol. The molecular formula is C22H14F4N4O4. The van der Waals surface area contributed by atoms with E-state index < -0.39 is 59.3 Å². The number of nitrogens with zero attached hydrogens (tertiary/aromatic N) is 4. The van der Waals surface area contributed by atoms with Crippen LogP contribution in [0.3, 0.4) is 0 Å². The van der Waals surface area contributed by atoms with Gasteiger partial charge in [-0.3, -0.25) is 4.79 Å². The summed E-state index contributed by atoms with van der Waals surface area (Å²) in [5.41, 5.74) is -2.20. The largest absolute Gasteiger partial charge is 0.417 e. The van der Waals surface area contributed by atoms with E-state index in [-0.39, 0.29) is 18.0 Å². The van der Waals surface area contributed by atoms with Crippen LogP contribution < -0.4 is 9.64 Å². The van der Waals surface area contributed by atoms with Gasteiger partial charge in [-0.25, -0.2) is 18.9 Å². The number of benzene rings is 2. The average Bonchev–Trinajstić information content (AvgIpc) is 3.46. The van der Waals surface area contributed by atoms with E-state index in [1.807, 2.05) is 0 Å². The van der Waals surface area contributed by atoms with E-state index in [1.54, 1.807) is 0 Å². The van der Waals surface area contributed by atoms with Gasteiger partial charge in [0.05, 0.1) is 35.0 Å². The molecule has 3 fully saturated rings. The molecule has 2 aromatic carbocycles. The van der Waals surface area contributed by atoms with Crippen molar-refractivity contribution in [1.82, 2.24) is 9.80 Å². The first-order valence-electron chi connectivity index (χ1n) is 10.1. The number of anilines is 1. The first-order chi connectivity index (χ1) is 16.1. The van der Waals surface area contributed by atoms with Crippen molar-refractivity contribution in [3.8, 4) is 11.8 Å². The molecule has 3 aliphatic rings. The van der Waals surface area contributed by atoms with Gasteiger partial charge in [0.25, 0.3) is 5.91 Å². The van der Waals surface area contributed by atoms with Crippen molar-refractivity contribution in [3.63, 3.8) is 0 Å². The fraction of sp³-hybridized carbons (Fsp3) is 0.273. The van der Waals surface area contributed by atoms with Gasteiger partial charge in [-0.1, -0.05) is 0 Å². The maximum atomic E-state index is 13.4. The highest BCUT2D eigenvalue weighted by molar-refractivity contribution is 6.22. The third-order valence-electron chi connectivity index (χ3n) is 6.20. The van der Waals surface area contributed by atoms with Crippen LogP contribution in [-0.4, -0.2) is 52.5 Å². The van der Waals surface area contributed by atoms with E-state index in [0.717, 1.165) is 24.3 Å². The zero-order valence-corrected chi connectivity index (χ0v) is 17.1. The molecule has 0 aliphatic carbocycles. The van der Waals surface area contributed by atoms with Crippen LogP contribution in [-0.2, 0) is 11.0 Å². The zero-order chi connectivity index (χ0) is 24.4. The predicted octanol–water partition coefficient (Wildman–Crippen LogP) is 3.51. The number of likely N-dealkylation sites (tertiary alicyclic amines) is 1. The third-order valence-corrected chi connectivity index (χ3v) is 6.20. The molecule has 3 saturated heterocycles. The second-order valence-corrected chi connectivity index (χ2v) is 8.08. The van der Waals surface area contributed by atoms with Crippen LogP contribution in [0.4, 0.5) is 32.8 Å². The van der Waals surface area contributed by atoms with Gasteiger partial charge in [-0.15, -0.1) is 0 Å². The molecule has 2 aromatic rings. The Morgan fingerprint density at radius 2 is 1.82 bits per heavy atom. The molecule has 0 radical (unpaired) electrons. The molecule has 12 heteroatoms. The molecule has 0 spiro atoms. The summed E-state index contributed by atoms with van der Waals surface area (Å²) in [6, 6.07) is 5.73. The summed E-state index contributed by atoms with van der Waals surface area (Å²) in [6.07, 6.45) is -5.33. The van der Waals surface area contributed by atoms with Crippen molar-refractivity contribution in [2.24, 2.45) is 0 Å². The van der Waals surface area contributed by atoms with Crippen molar-refractivity contribution in [1.29, 1.82) is 5.26 Å². The smallest absolute Gasteiger partial charge is 0.410 e. The second-order valence-electron chi connectivity index (χ2n) is 8.08. The number of hydrogen-bond donors (Lipinski definition) is 0. The summed E-state index contributed by atoms with van der Waals surface area (Å²) in [5.74, 6) is -1.18. The lowest BCUT2D eigenvalue weighted by atomic mass is 10.1. The van der Waals surface area contributed by atoms with Crippen LogP contribution in [0.25, 0.3) is 0 Å². The molecule has 8 nitrogen and oxygen atoms in total. The van der Waals surface area contributed by atoms with Gasteiger partial charge in [-0.05, 0) is 48.9 Å². The van der Waals surface area contributed by atoms with Gasteiger partial charge in [-0.2, -0.15) is 18.4 Å². The van der Waals surface area contributed by atoms with Crippen molar-refractivity contribution in [2.75, 3.05) is 11.4 Å². The Morgan fingerprint density at radius 3 is 2.47 bits per heavy atom. The lowest BCUT2D eigenvalue weighted by Gasteiger charge is -2.34. The van der Waals surface area contributed by atoms with E-state index in [4.69, 9.17) is 10.00 Å². The number of amides is 4. The van der Waals surface area contributed by atoms with Gasteiger partial charge < -0.3 is 14.5 Å². The van der Waals surface area contributed by atoms with Crippen LogP contribution in [0.5, 0.6) is 5.75 Å².